The van der Waals surface area contributed by atoms with Gasteiger partial charge in [0.1, 0.15) is 5.82 Å². The molecule has 3 aliphatic rings. The van der Waals surface area contributed by atoms with Crippen molar-refractivity contribution in [1.82, 2.24) is 5.32 Å². The number of halogens is 1. The largest absolute Gasteiger partial charge is 0.481 e. The Morgan fingerprint density at radius 1 is 1.26 bits per heavy atom. The van der Waals surface area contributed by atoms with Crippen LogP contribution in [-0.2, 0) is 4.79 Å². The van der Waals surface area contributed by atoms with Crippen LogP contribution in [0, 0.1) is 23.1 Å². The molecule has 1 aromatic heterocycles. The van der Waals surface area contributed by atoms with Crippen LogP contribution in [0.2, 0.25) is 0 Å². The minimum Gasteiger partial charge on any atom is -0.481 e. The van der Waals surface area contributed by atoms with Gasteiger partial charge in [-0.2, -0.15) is 0 Å². The summed E-state index contributed by atoms with van der Waals surface area (Å²) in [6.07, 6.45) is 9.28. The maximum atomic E-state index is 13.4. The van der Waals surface area contributed by atoms with Gasteiger partial charge >= 0.3 is 5.97 Å². The highest BCUT2D eigenvalue weighted by Crippen LogP contribution is 2.59. The van der Waals surface area contributed by atoms with E-state index in [1.807, 2.05) is 24.5 Å². The Kier molecular flexibility index (Phi) is 7.52. The van der Waals surface area contributed by atoms with Crippen molar-refractivity contribution in [3.05, 3.63) is 47.1 Å². The molecule has 0 spiro atoms. The number of rotatable bonds is 6. The number of carbonyl (C=O) groups is 2. The Labute approximate surface area is 187 Å². The molecule has 0 saturated heterocycles. The van der Waals surface area contributed by atoms with Gasteiger partial charge in [0.05, 0.1) is 5.56 Å². The van der Waals surface area contributed by atoms with Crippen molar-refractivity contribution >= 4 is 33.3 Å². The Bertz CT molecular complexity index is 951. The summed E-state index contributed by atoms with van der Waals surface area (Å²) in [5.74, 6) is 0.405. The zero-order valence-electron chi connectivity index (χ0n) is 18.5. The van der Waals surface area contributed by atoms with Crippen molar-refractivity contribution in [2.45, 2.75) is 65.3 Å². The van der Waals surface area contributed by atoms with Gasteiger partial charge in [0.15, 0.2) is 0 Å². The summed E-state index contributed by atoms with van der Waals surface area (Å²) >= 11 is 1.49. The summed E-state index contributed by atoms with van der Waals surface area (Å²) in [6, 6.07) is 4.91. The number of aliphatic carboxylic acids is 1. The molecule has 0 aliphatic heterocycles. The molecule has 168 valence electrons. The van der Waals surface area contributed by atoms with Crippen molar-refractivity contribution in [2.75, 3.05) is 0 Å². The molecule has 3 aliphatic carbocycles. The zero-order chi connectivity index (χ0) is 22.6. The Balaban J connectivity index is 0.000000259. The van der Waals surface area contributed by atoms with Crippen LogP contribution in [0.4, 0.5) is 4.39 Å². The number of amides is 1. The van der Waals surface area contributed by atoms with E-state index in [-0.39, 0.29) is 24.2 Å². The number of thiophene rings is 1. The lowest BCUT2D eigenvalue weighted by Gasteiger charge is -2.58. The molecule has 5 rings (SSSR count). The van der Waals surface area contributed by atoms with Crippen LogP contribution in [-0.4, -0.2) is 23.0 Å². The summed E-state index contributed by atoms with van der Waals surface area (Å²) in [5, 5.41) is 13.9. The van der Waals surface area contributed by atoms with Crippen molar-refractivity contribution in [3.8, 4) is 0 Å². The molecule has 4 nitrogen and oxygen atoms in total. The molecule has 2 unspecified atom stereocenters. The topological polar surface area (TPSA) is 66.4 Å². The summed E-state index contributed by atoms with van der Waals surface area (Å²) in [4.78, 5) is 22.5. The molecule has 1 heterocycles. The Hall–Kier alpha value is -2.21. The molecular formula is C25H32FNO3S. The molecule has 1 aromatic carbocycles. The lowest BCUT2D eigenvalue weighted by Crippen LogP contribution is -2.55. The maximum absolute atomic E-state index is 13.4. The maximum Gasteiger partial charge on any atom is 0.303 e. The number of unbranched alkanes of at least 4 members (excludes halogenated alkanes) is 1. The molecule has 2 aromatic rings. The second-order valence-electron chi connectivity index (χ2n) is 9.24. The van der Waals surface area contributed by atoms with Gasteiger partial charge in [0, 0.05) is 27.9 Å². The van der Waals surface area contributed by atoms with Gasteiger partial charge in [0.2, 0.25) is 0 Å². The molecule has 3 fully saturated rings. The molecule has 6 heteroatoms. The molecule has 1 amide bonds. The average molecular weight is 446 g/mol. The Morgan fingerprint density at radius 2 is 1.97 bits per heavy atom. The van der Waals surface area contributed by atoms with Crippen LogP contribution in [0.5, 0.6) is 0 Å². The number of carboxylic acid groups (broad SMARTS) is 1. The van der Waals surface area contributed by atoms with Crippen molar-refractivity contribution in [1.29, 1.82) is 0 Å². The molecule has 0 radical (unpaired) electrons. The van der Waals surface area contributed by atoms with Crippen LogP contribution in [0.1, 0.15) is 69.7 Å². The summed E-state index contributed by atoms with van der Waals surface area (Å²) in [5.41, 5.74) is 1.05. The van der Waals surface area contributed by atoms with Crippen LogP contribution in [0.3, 0.4) is 0 Å². The number of carbonyl (C=O) groups excluding carboxylic acids is 1. The second-order valence-corrected chi connectivity index (χ2v) is 10.1. The van der Waals surface area contributed by atoms with E-state index in [1.54, 1.807) is 6.07 Å². The van der Waals surface area contributed by atoms with Crippen LogP contribution in [0.25, 0.3) is 10.1 Å². The predicted octanol–water partition coefficient (Wildman–Crippen LogP) is 6.41. The lowest BCUT2D eigenvalue weighted by atomic mass is 9.48. The average Bonchev–Trinajstić information content (AvgIpc) is 3.15. The van der Waals surface area contributed by atoms with E-state index in [2.05, 4.69) is 19.2 Å². The Morgan fingerprint density at radius 3 is 2.58 bits per heavy atom. The molecule has 31 heavy (non-hydrogen) atoms. The van der Waals surface area contributed by atoms with Gasteiger partial charge in [0.25, 0.3) is 5.91 Å². The monoisotopic (exact) mass is 445 g/mol. The number of fused-ring (bicyclic) bond motifs is 3. The van der Waals surface area contributed by atoms with Gasteiger partial charge < -0.3 is 10.4 Å². The highest BCUT2D eigenvalue weighted by molar-refractivity contribution is 7.17. The van der Waals surface area contributed by atoms with E-state index in [0.717, 1.165) is 47.6 Å². The first-order chi connectivity index (χ1) is 14.7. The third-order valence-electron chi connectivity index (χ3n) is 6.92. The highest BCUT2D eigenvalue weighted by atomic mass is 32.1. The van der Waals surface area contributed by atoms with Crippen LogP contribution < -0.4 is 5.32 Å². The smallest absolute Gasteiger partial charge is 0.303 e. The lowest BCUT2D eigenvalue weighted by molar-refractivity contribution is -0.137. The van der Waals surface area contributed by atoms with E-state index in [9.17, 15) is 14.0 Å². The highest BCUT2D eigenvalue weighted by Gasteiger charge is 2.52. The number of benzene rings is 1. The van der Waals surface area contributed by atoms with Gasteiger partial charge in [-0.05, 0) is 74.5 Å². The first-order valence-corrected chi connectivity index (χ1v) is 11.9. The van der Waals surface area contributed by atoms with Gasteiger partial charge in [-0.15, -0.1) is 11.3 Å². The van der Waals surface area contributed by atoms with E-state index < -0.39 is 5.97 Å². The van der Waals surface area contributed by atoms with Crippen molar-refractivity contribution < 1.29 is 19.1 Å². The number of allylic oxidation sites excluding steroid dienone is 2. The fourth-order valence-corrected chi connectivity index (χ4v) is 5.72. The third kappa shape index (κ3) is 5.53. The number of nitrogens with one attached hydrogen (secondary N) is 1. The molecular weight excluding hydrogens is 413 g/mol. The third-order valence-corrected chi connectivity index (χ3v) is 7.89. The zero-order valence-corrected chi connectivity index (χ0v) is 19.3. The van der Waals surface area contributed by atoms with E-state index >= 15 is 0 Å². The van der Waals surface area contributed by atoms with Crippen LogP contribution in [0.15, 0.2) is 35.7 Å². The quantitative estimate of drug-likeness (QED) is 0.399. The summed E-state index contributed by atoms with van der Waals surface area (Å²) < 4.78 is 14.4. The van der Waals surface area contributed by atoms with Crippen molar-refractivity contribution in [3.63, 3.8) is 0 Å². The van der Waals surface area contributed by atoms with E-state index in [0.29, 0.717) is 11.0 Å². The summed E-state index contributed by atoms with van der Waals surface area (Å²) in [7, 11) is 0. The fourth-order valence-electron chi connectivity index (χ4n) is 4.80. The summed E-state index contributed by atoms with van der Waals surface area (Å²) in [6.45, 7) is 6.62. The van der Waals surface area contributed by atoms with E-state index in [4.69, 9.17) is 5.11 Å². The first-order valence-electron chi connectivity index (χ1n) is 11.0. The van der Waals surface area contributed by atoms with Gasteiger partial charge in [-0.3, -0.25) is 9.59 Å². The molecule has 2 atom stereocenters. The number of hydrogen-bond acceptors (Lipinski definition) is 3. The predicted molar refractivity (Wildman–Crippen MR) is 124 cm³/mol. The van der Waals surface area contributed by atoms with Crippen molar-refractivity contribution in [2.24, 2.45) is 17.3 Å². The van der Waals surface area contributed by atoms with E-state index in [1.165, 1.54) is 29.9 Å². The second kappa shape index (κ2) is 9.94. The SMILES string of the molecule is C/C=C\CCCC(=O)O.CC1(C)C2CC(NC(=O)c3csc4ccc(F)cc34)CC1C2. The first kappa shape index (κ1) is 23.5. The molecule has 3 saturated carbocycles. The molecule has 2 N–H and O–H groups in total. The minimum absolute atomic E-state index is 0.0547. The number of carboxylic acids is 1. The van der Waals surface area contributed by atoms with Gasteiger partial charge in [-0.25, -0.2) is 4.39 Å². The normalized spacial score (nSPS) is 23.7. The van der Waals surface area contributed by atoms with Crippen LogP contribution >= 0.6 is 11.3 Å². The molecule has 2 bridgehead atoms. The standard InChI is InChI=1S/C18H20FNOS.C7H12O2/c1-18(2)10-5-11(18)7-13(6-10)20-17(21)15-9-22-16-4-3-12(19)8-14(15)16;1-2-3-4-5-6-7(8)9/h3-4,8-11,13H,5-7H2,1-2H3,(H,20,21);2-3H,4-6H2,1H3,(H,8,9)/b;3-2-. The minimum atomic E-state index is -0.709. The fraction of sp³-hybridized carbons (Fsp3) is 0.520. The van der Waals surface area contributed by atoms with Gasteiger partial charge in [-0.1, -0.05) is 26.0 Å². The number of hydrogen-bond donors (Lipinski definition) is 2.